The Kier molecular flexibility index (Phi) is 16.0. The number of hydrogen-bond acceptors (Lipinski definition) is 6. The van der Waals surface area contributed by atoms with Gasteiger partial charge >= 0.3 is 0 Å². The van der Waals surface area contributed by atoms with Gasteiger partial charge in [0.1, 0.15) is 0 Å². The Balaban J connectivity index is 0.000000141. The van der Waals surface area contributed by atoms with Gasteiger partial charge in [-0.1, -0.05) is 285 Å². The van der Waals surface area contributed by atoms with Crippen LogP contribution in [0.15, 0.2) is 400 Å². The van der Waals surface area contributed by atoms with E-state index in [0.717, 1.165) is 83.8 Å². The molecule has 0 aliphatic rings. The molecular formula is C102H66N10. The van der Waals surface area contributed by atoms with Crippen LogP contribution in [-0.4, -0.2) is 48.2 Å². The zero-order valence-corrected chi connectivity index (χ0v) is 60.6. The molecule has 10 nitrogen and oxygen atoms in total. The lowest BCUT2D eigenvalue weighted by Gasteiger charge is -2.12. The number of rotatable bonds is 12. The van der Waals surface area contributed by atoms with Crippen molar-refractivity contribution in [1.82, 2.24) is 48.2 Å². The Labute approximate surface area is 645 Å². The van der Waals surface area contributed by atoms with Gasteiger partial charge in [-0.15, -0.1) is 0 Å². The standard InChI is InChI=1S/2C51H33N5/c1-4-15-34(16-5-1)49-52-50(35-17-6-2-7-18-35)54-51(53-49)38-19-14-22-40(31-38)56-45-25-12-10-23-41(45)43-29-27-37(33-48(43)56)36-28-30-47-44(32-36)42-24-11-13-26-46(42)55(47)39-20-8-3-9-21-39;1-4-15-34(16-5-1)49-52-50(35-17-6-2-7-18-35)54-51(53-49)38-19-14-22-40(31-38)56-46-26-13-11-24-42(46)44-33-37(28-30-48(44)56)36-27-29-47-43(32-36)41-23-10-12-25-45(41)55(47)39-20-8-3-9-21-39/h2*1-33H. The zero-order valence-electron chi connectivity index (χ0n) is 60.6. The molecule has 6 aromatic heterocycles. The first kappa shape index (κ1) is 65.1. The van der Waals surface area contributed by atoms with Crippen LogP contribution in [0.4, 0.5) is 0 Å². The van der Waals surface area contributed by atoms with Gasteiger partial charge in [0.05, 0.1) is 44.1 Å². The largest absolute Gasteiger partial charge is 0.309 e. The van der Waals surface area contributed by atoms with Crippen LogP contribution in [0, 0.1) is 0 Å². The summed E-state index contributed by atoms with van der Waals surface area (Å²) in [7, 11) is 0. The van der Waals surface area contributed by atoms with Crippen molar-refractivity contribution in [2.75, 3.05) is 0 Å². The monoisotopic (exact) mass is 1430 g/mol. The van der Waals surface area contributed by atoms with Crippen molar-refractivity contribution < 1.29 is 0 Å². The molecule has 0 fully saturated rings. The summed E-state index contributed by atoms with van der Waals surface area (Å²) in [6, 6.07) is 141. The van der Waals surface area contributed by atoms with E-state index >= 15 is 0 Å². The molecule has 0 aliphatic carbocycles. The third-order valence-corrected chi connectivity index (χ3v) is 21.5. The summed E-state index contributed by atoms with van der Waals surface area (Å²) in [4.78, 5) is 29.9. The highest BCUT2D eigenvalue weighted by atomic mass is 15.1. The quantitative estimate of drug-likeness (QED) is 0.121. The minimum atomic E-state index is 0.629. The number of nitrogens with zero attached hydrogens (tertiary/aromatic N) is 10. The molecule has 0 radical (unpaired) electrons. The zero-order chi connectivity index (χ0) is 74.0. The van der Waals surface area contributed by atoms with Gasteiger partial charge in [-0.25, -0.2) is 29.9 Å². The van der Waals surface area contributed by atoms with Gasteiger partial charge in [-0.3, -0.25) is 0 Å². The first-order valence-electron chi connectivity index (χ1n) is 37.7. The lowest BCUT2D eigenvalue weighted by molar-refractivity contribution is 1.07. The lowest BCUT2D eigenvalue weighted by Crippen LogP contribution is -2.01. The first-order valence-corrected chi connectivity index (χ1v) is 37.7. The van der Waals surface area contributed by atoms with Crippen LogP contribution in [0.25, 0.3) is 201 Å². The maximum absolute atomic E-state index is 5.03. The molecule has 0 N–H and O–H groups in total. The van der Waals surface area contributed by atoms with E-state index in [4.69, 9.17) is 29.9 Å². The molecule has 6 heterocycles. The van der Waals surface area contributed by atoms with Crippen LogP contribution in [0.1, 0.15) is 0 Å². The minimum absolute atomic E-state index is 0.629. The maximum Gasteiger partial charge on any atom is 0.164 e. The molecule has 0 amide bonds. The molecule has 16 aromatic carbocycles. The predicted molar refractivity (Wildman–Crippen MR) is 460 cm³/mol. The summed E-state index contributed by atoms with van der Waals surface area (Å²) >= 11 is 0. The first-order chi connectivity index (χ1) is 55.5. The van der Waals surface area contributed by atoms with Crippen molar-refractivity contribution in [3.8, 4) is 113 Å². The molecule has 0 unspecified atom stereocenters. The normalized spacial score (nSPS) is 11.6. The van der Waals surface area contributed by atoms with E-state index in [1.165, 1.54) is 81.8 Å². The van der Waals surface area contributed by atoms with E-state index in [0.29, 0.717) is 34.9 Å². The molecule has 112 heavy (non-hydrogen) atoms. The molecule has 0 bridgehead atoms. The minimum Gasteiger partial charge on any atom is -0.309 e. The van der Waals surface area contributed by atoms with Crippen molar-refractivity contribution in [3.63, 3.8) is 0 Å². The summed E-state index contributed by atoms with van der Waals surface area (Å²) in [5, 5.41) is 9.78. The van der Waals surface area contributed by atoms with Gasteiger partial charge < -0.3 is 18.3 Å². The average Bonchev–Trinajstić information content (AvgIpc) is 1.59. The fourth-order valence-corrected chi connectivity index (χ4v) is 16.3. The Bertz CT molecular complexity index is 7230. The molecule has 524 valence electrons. The number of para-hydroxylation sites is 6. The van der Waals surface area contributed by atoms with Gasteiger partial charge in [-0.05, 0) is 138 Å². The molecule has 0 saturated carbocycles. The van der Waals surface area contributed by atoms with E-state index in [2.05, 4.69) is 297 Å². The van der Waals surface area contributed by atoms with Crippen LogP contribution < -0.4 is 0 Å². The van der Waals surface area contributed by atoms with Crippen molar-refractivity contribution in [2.45, 2.75) is 0 Å². The molecule has 10 heteroatoms. The van der Waals surface area contributed by atoms with Gasteiger partial charge in [0.25, 0.3) is 0 Å². The molecule has 0 aliphatic heterocycles. The van der Waals surface area contributed by atoms with Gasteiger partial charge in [-0.2, -0.15) is 0 Å². The molecule has 0 spiro atoms. The number of aromatic nitrogens is 10. The summed E-state index contributed by atoms with van der Waals surface area (Å²) in [5.41, 5.74) is 24.1. The Morgan fingerprint density at radius 1 is 0.125 bits per heavy atom. The summed E-state index contributed by atoms with van der Waals surface area (Å²) in [6.45, 7) is 0. The second-order valence-electron chi connectivity index (χ2n) is 28.2. The molecule has 0 atom stereocenters. The van der Waals surface area contributed by atoms with Gasteiger partial charge in [0.2, 0.25) is 0 Å². The third-order valence-electron chi connectivity index (χ3n) is 21.5. The number of hydrogen-bond donors (Lipinski definition) is 0. The highest BCUT2D eigenvalue weighted by molar-refractivity contribution is 6.15. The van der Waals surface area contributed by atoms with Crippen molar-refractivity contribution in [3.05, 3.63) is 400 Å². The third kappa shape index (κ3) is 11.5. The van der Waals surface area contributed by atoms with E-state index in [-0.39, 0.29) is 0 Å². The number of benzene rings is 16. The SMILES string of the molecule is c1ccc(-c2nc(-c3ccccc3)nc(-c3cccc(-n4c5ccccc5c5cc(-c6ccc7c(c6)c6ccccc6n7-c6ccccc6)ccc54)c3)n2)cc1.c1ccc(-c2nc(-c3ccccc3)nc(-c3cccc(-n4c5ccccc5c5ccc(-c6ccc7c(c6)c6ccccc6n7-c6ccccc6)cc54)c3)n2)cc1. The Morgan fingerprint density at radius 2 is 0.348 bits per heavy atom. The van der Waals surface area contributed by atoms with Crippen LogP contribution in [0.2, 0.25) is 0 Å². The molecule has 0 saturated heterocycles. The highest BCUT2D eigenvalue weighted by Crippen LogP contribution is 2.43. The van der Waals surface area contributed by atoms with E-state index in [1.54, 1.807) is 0 Å². The summed E-state index contributed by atoms with van der Waals surface area (Å²) in [5.74, 6) is 3.84. The fourth-order valence-electron chi connectivity index (χ4n) is 16.3. The van der Waals surface area contributed by atoms with Crippen molar-refractivity contribution in [2.24, 2.45) is 0 Å². The average molecular weight is 1430 g/mol. The van der Waals surface area contributed by atoms with Crippen LogP contribution in [0.3, 0.4) is 0 Å². The van der Waals surface area contributed by atoms with Crippen LogP contribution in [0.5, 0.6) is 0 Å². The van der Waals surface area contributed by atoms with E-state index in [1.807, 2.05) is 121 Å². The lowest BCUT2D eigenvalue weighted by atomic mass is 10.0. The van der Waals surface area contributed by atoms with E-state index < -0.39 is 0 Å². The van der Waals surface area contributed by atoms with Crippen LogP contribution >= 0.6 is 0 Å². The van der Waals surface area contributed by atoms with Gasteiger partial charge in [0, 0.05) is 99.2 Å². The van der Waals surface area contributed by atoms with Crippen molar-refractivity contribution >= 4 is 87.2 Å². The summed E-state index contributed by atoms with van der Waals surface area (Å²) < 4.78 is 9.45. The van der Waals surface area contributed by atoms with E-state index in [9.17, 15) is 0 Å². The second kappa shape index (κ2) is 27.5. The predicted octanol–water partition coefficient (Wildman–Crippen LogP) is 25.5. The molecule has 22 aromatic rings. The van der Waals surface area contributed by atoms with Crippen molar-refractivity contribution in [1.29, 1.82) is 0 Å². The Morgan fingerprint density at radius 3 is 0.688 bits per heavy atom. The highest BCUT2D eigenvalue weighted by Gasteiger charge is 2.22. The van der Waals surface area contributed by atoms with Gasteiger partial charge in [0.15, 0.2) is 34.9 Å². The molecule has 22 rings (SSSR count). The Hall–Kier alpha value is -15.3. The smallest absolute Gasteiger partial charge is 0.164 e. The van der Waals surface area contributed by atoms with Crippen LogP contribution in [-0.2, 0) is 0 Å². The maximum atomic E-state index is 5.03. The second-order valence-corrected chi connectivity index (χ2v) is 28.2. The topological polar surface area (TPSA) is 97.1 Å². The molecular weight excluding hydrogens is 1370 g/mol. The summed E-state index contributed by atoms with van der Waals surface area (Å²) in [6.07, 6.45) is 0. The number of fused-ring (bicyclic) bond motifs is 12. The fraction of sp³-hybridized carbons (Fsp3) is 0.